The minimum Gasteiger partial charge on any atom is -0.467 e. The number of benzene rings is 1. The fraction of sp³-hybridized carbons (Fsp3) is 0.462. The van der Waals surface area contributed by atoms with Gasteiger partial charge in [-0.1, -0.05) is 0 Å². The summed E-state index contributed by atoms with van der Waals surface area (Å²) >= 11 is 0. The Hall–Kier alpha value is -2.06. The molecule has 1 atom stereocenters. The molecule has 1 heterocycles. The standard InChI is InChI=1S/C13H15FN2O5/c1-20-13(17)12-8-15(4-5-21-12)7-9-6-10(14)2-3-11(9)16(18)19/h2-3,6,12H,4-5,7-8H2,1H3. The summed E-state index contributed by atoms with van der Waals surface area (Å²) in [7, 11) is 1.27. The van der Waals surface area contributed by atoms with E-state index in [2.05, 4.69) is 4.74 Å². The van der Waals surface area contributed by atoms with Crippen LogP contribution in [0.15, 0.2) is 18.2 Å². The summed E-state index contributed by atoms with van der Waals surface area (Å²) in [4.78, 5) is 23.7. The normalized spacial score (nSPS) is 19.2. The van der Waals surface area contributed by atoms with Gasteiger partial charge in [0.1, 0.15) is 5.82 Å². The van der Waals surface area contributed by atoms with E-state index in [0.29, 0.717) is 13.2 Å². The van der Waals surface area contributed by atoms with E-state index < -0.39 is 22.8 Å². The van der Waals surface area contributed by atoms with E-state index in [4.69, 9.17) is 4.74 Å². The van der Waals surface area contributed by atoms with E-state index in [1.807, 2.05) is 0 Å². The predicted molar refractivity (Wildman–Crippen MR) is 70.1 cm³/mol. The van der Waals surface area contributed by atoms with Gasteiger partial charge in [0.25, 0.3) is 5.69 Å². The number of halogens is 1. The molecule has 114 valence electrons. The average molecular weight is 298 g/mol. The third-order valence-corrected chi connectivity index (χ3v) is 3.25. The number of nitro groups is 1. The van der Waals surface area contributed by atoms with Gasteiger partial charge < -0.3 is 9.47 Å². The zero-order chi connectivity index (χ0) is 15.4. The van der Waals surface area contributed by atoms with Crippen LogP contribution in [0.25, 0.3) is 0 Å². The Morgan fingerprint density at radius 1 is 1.62 bits per heavy atom. The van der Waals surface area contributed by atoms with Crippen molar-refractivity contribution in [3.63, 3.8) is 0 Å². The number of esters is 1. The van der Waals surface area contributed by atoms with Crippen molar-refractivity contribution in [3.8, 4) is 0 Å². The Bertz CT molecular complexity index is 551. The Morgan fingerprint density at radius 3 is 3.05 bits per heavy atom. The van der Waals surface area contributed by atoms with Crippen molar-refractivity contribution in [2.45, 2.75) is 12.6 Å². The van der Waals surface area contributed by atoms with Crippen LogP contribution >= 0.6 is 0 Å². The van der Waals surface area contributed by atoms with Crippen molar-refractivity contribution >= 4 is 11.7 Å². The molecule has 1 fully saturated rings. The van der Waals surface area contributed by atoms with Crippen molar-refractivity contribution in [3.05, 3.63) is 39.7 Å². The van der Waals surface area contributed by atoms with Crippen LogP contribution < -0.4 is 0 Å². The fourth-order valence-electron chi connectivity index (χ4n) is 2.22. The van der Waals surface area contributed by atoms with E-state index in [-0.39, 0.29) is 24.3 Å². The summed E-state index contributed by atoms with van der Waals surface area (Å²) in [5.74, 6) is -1.03. The van der Waals surface area contributed by atoms with Crippen LogP contribution in [0.2, 0.25) is 0 Å². The highest BCUT2D eigenvalue weighted by molar-refractivity contribution is 5.74. The van der Waals surface area contributed by atoms with Gasteiger partial charge in [-0.05, 0) is 12.1 Å². The van der Waals surface area contributed by atoms with Gasteiger partial charge in [-0.2, -0.15) is 0 Å². The molecule has 0 N–H and O–H groups in total. The third kappa shape index (κ3) is 3.73. The van der Waals surface area contributed by atoms with Gasteiger partial charge in [0, 0.05) is 31.3 Å². The highest BCUT2D eigenvalue weighted by Crippen LogP contribution is 2.22. The summed E-state index contributed by atoms with van der Waals surface area (Å²) in [6, 6.07) is 3.34. The minimum atomic E-state index is -0.726. The first-order valence-corrected chi connectivity index (χ1v) is 6.36. The number of hydrogen-bond acceptors (Lipinski definition) is 6. The van der Waals surface area contributed by atoms with Crippen LogP contribution in [0, 0.1) is 15.9 Å². The number of nitro benzene ring substituents is 1. The first kappa shape index (κ1) is 15.3. The number of hydrogen-bond donors (Lipinski definition) is 0. The molecule has 8 heteroatoms. The molecular formula is C13H15FN2O5. The van der Waals surface area contributed by atoms with Crippen molar-refractivity contribution in [2.75, 3.05) is 26.8 Å². The lowest BCUT2D eigenvalue weighted by molar-refractivity contribution is -0.385. The lowest BCUT2D eigenvalue weighted by atomic mass is 10.1. The van der Waals surface area contributed by atoms with Crippen molar-refractivity contribution in [1.29, 1.82) is 0 Å². The average Bonchev–Trinajstić information content (AvgIpc) is 2.46. The second-order valence-electron chi connectivity index (χ2n) is 4.65. The third-order valence-electron chi connectivity index (χ3n) is 3.25. The van der Waals surface area contributed by atoms with Crippen LogP contribution in [0.1, 0.15) is 5.56 Å². The number of rotatable bonds is 4. The van der Waals surface area contributed by atoms with Crippen LogP contribution in [0.5, 0.6) is 0 Å². The molecule has 1 aromatic rings. The molecular weight excluding hydrogens is 283 g/mol. The maximum absolute atomic E-state index is 13.3. The molecule has 21 heavy (non-hydrogen) atoms. The van der Waals surface area contributed by atoms with E-state index in [9.17, 15) is 19.3 Å². The van der Waals surface area contributed by atoms with Gasteiger partial charge in [0.2, 0.25) is 0 Å². The molecule has 2 rings (SSSR count). The molecule has 1 aliphatic rings. The number of carbonyl (C=O) groups excluding carboxylic acids is 1. The summed E-state index contributed by atoms with van der Waals surface area (Å²) in [6.07, 6.45) is -0.726. The van der Waals surface area contributed by atoms with Gasteiger partial charge in [0.05, 0.1) is 18.6 Å². The number of methoxy groups -OCH3 is 1. The van der Waals surface area contributed by atoms with Crippen LogP contribution in [0.3, 0.4) is 0 Å². The first-order chi connectivity index (χ1) is 10.0. The molecule has 0 amide bonds. The molecule has 7 nitrogen and oxygen atoms in total. The molecule has 0 aromatic heterocycles. The molecule has 0 bridgehead atoms. The Balaban J connectivity index is 2.12. The van der Waals surface area contributed by atoms with Crippen LogP contribution in [-0.2, 0) is 20.8 Å². The molecule has 0 radical (unpaired) electrons. The number of morpholine rings is 1. The van der Waals surface area contributed by atoms with E-state index in [1.165, 1.54) is 7.11 Å². The van der Waals surface area contributed by atoms with Gasteiger partial charge in [0.15, 0.2) is 6.10 Å². The molecule has 1 saturated heterocycles. The van der Waals surface area contributed by atoms with Gasteiger partial charge in [-0.15, -0.1) is 0 Å². The molecule has 0 spiro atoms. The fourth-order valence-corrected chi connectivity index (χ4v) is 2.22. The quantitative estimate of drug-likeness (QED) is 0.470. The number of nitrogens with zero attached hydrogens (tertiary/aromatic N) is 2. The molecule has 0 aliphatic carbocycles. The van der Waals surface area contributed by atoms with Gasteiger partial charge in [-0.25, -0.2) is 9.18 Å². The number of carbonyl (C=O) groups is 1. The molecule has 1 aromatic carbocycles. The maximum atomic E-state index is 13.3. The minimum absolute atomic E-state index is 0.141. The highest BCUT2D eigenvalue weighted by Gasteiger charge is 2.28. The summed E-state index contributed by atoms with van der Waals surface area (Å²) in [6.45, 7) is 1.23. The van der Waals surface area contributed by atoms with Gasteiger partial charge >= 0.3 is 5.97 Å². The summed E-state index contributed by atoms with van der Waals surface area (Å²) in [5.41, 5.74) is 0.128. The van der Waals surface area contributed by atoms with Gasteiger partial charge in [-0.3, -0.25) is 15.0 Å². The van der Waals surface area contributed by atoms with E-state index in [0.717, 1.165) is 18.2 Å². The zero-order valence-corrected chi connectivity index (χ0v) is 11.5. The molecule has 1 unspecified atom stereocenters. The number of ether oxygens (including phenoxy) is 2. The monoisotopic (exact) mass is 298 g/mol. The summed E-state index contributed by atoms with van der Waals surface area (Å²) < 4.78 is 23.2. The Kier molecular flexibility index (Phi) is 4.81. The van der Waals surface area contributed by atoms with E-state index in [1.54, 1.807) is 4.90 Å². The Labute approximate surface area is 120 Å². The largest absolute Gasteiger partial charge is 0.467 e. The van der Waals surface area contributed by atoms with Crippen LogP contribution in [-0.4, -0.2) is 48.7 Å². The zero-order valence-electron chi connectivity index (χ0n) is 11.5. The molecule has 0 saturated carbocycles. The highest BCUT2D eigenvalue weighted by atomic mass is 19.1. The Morgan fingerprint density at radius 2 is 2.38 bits per heavy atom. The van der Waals surface area contributed by atoms with E-state index >= 15 is 0 Å². The SMILES string of the molecule is COC(=O)C1CN(Cc2cc(F)ccc2[N+](=O)[O-])CCO1. The molecule has 1 aliphatic heterocycles. The second kappa shape index (κ2) is 6.59. The summed E-state index contributed by atoms with van der Waals surface area (Å²) in [5, 5.41) is 11.0. The topological polar surface area (TPSA) is 81.9 Å². The van der Waals surface area contributed by atoms with Crippen molar-refractivity contribution < 1.29 is 23.6 Å². The van der Waals surface area contributed by atoms with Crippen LogP contribution in [0.4, 0.5) is 10.1 Å². The predicted octanol–water partition coefficient (Wildman–Crippen LogP) is 1.11. The second-order valence-corrected chi connectivity index (χ2v) is 4.65. The first-order valence-electron chi connectivity index (χ1n) is 6.36. The lowest BCUT2D eigenvalue weighted by Crippen LogP contribution is -2.46. The lowest BCUT2D eigenvalue weighted by Gasteiger charge is -2.31. The van der Waals surface area contributed by atoms with Crippen molar-refractivity contribution in [2.24, 2.45) is 0 Å². The maximum Gasteiger partial charge on any atom is 0.336 e. The smallest absolute Gasteiger partial charge is 0.336 e. The van der Waals surface area contributed by atoms with Crippen molar-refractivity contribution in [1.82, 2.24) is 4.90 Å².